The van der Waals surface area contributed by atoms with Crippen LogP contribution in [0.25, 0.3) is 0 Å². The van der Waals surface area contributed by atoms with Gasteiger partial charge in [0.05, 0.1) is 0 Å². The van der Waals surface area contributed by atoms with Crippen LogP contribution in [0, 0.1) is 5.92 Å². The standard InChI is InChI=1S/C11H24O2Si/c1-10(2)8-6-7-9-11(12)13-14(3,4)5/h10H,6-9H2,1-5H3. The predicted octanol–water partition coefficient (Wildman–Crippen LogP) is 3.58. The Hall–Kier alpha value is -0.313. The lowest BCUT2D eigenvalue weighted by atomic mass is 10.1. The van der Waals surface area contributed by atoms with Gasteiger partial charge in [-0.15, -0.1) is 0 Å². The van der Waals surface area contributed by atoms with Crippen molar-refractivity contribution in [3.8, 4) is 0 Å². The van der Waals surface area contributed by atoms with Crippen LogP contribution in [0.4, 0.5) is 0 Å². The summed E-state index contributed by atoms with van der Waals surface area (Å²) < 4.78 is 5.34. The van der Waals surface area contributed by atoms with Crippen molar-refractivity contribution in [3.63, 3.8) is 0 Å². The zero-order chi connectivity index (χ0) is 11.2. The van der Waals surface area contributed by atoms with Crippen molar-refractivity contribution in [2.24, 2.45) is 5.92 Å². The van der Waals surface area contributed by atoms with Crippen molar-refractivity contribution in [1.82, 2.24) is 0 Å². The van der Waals surface area contributed by atoms with E-state index in [2.05, 4.69) is 13.8 Å². The van der Waals surface area contributed by atoms with Crippen LogP contribution in [0.15, 0.2) is 0 Å². The molecule has 0 saturated heterocycles. The molecule has 0 unspecified atom stereocenters. The van der Waals surface area contributed by atoms with Gasteiger partial charge in [0.1, 0.15) is 0 Å². The predicted molar refractivity (Wildman–Crippen MR) is 62.7 cm³/mol. The van der Waals surface area contributed by atoms with Crippen molar-refractivity contribution in [2.45, 2.75) is 59.2 Å². The van der Waals surface area contributed by atoms with Gasteiger partial charge in [-0.25, -0.2) is 0 Å². The van der Waals surface area contributed by atoms with Gasteiger partial charge in [-0.1, -0.05) is 26.7 Å². The smallest absolute Gasteiger partial charge is 0.292 e. The second-order valence-corrected chi connectivity index (χ2v) is 9.65. The summed E-state index contributed by atoms with van der Waals surface area (Å²) in [7, 11) is -1.65. The highest BCUT2D eigenvalue weighted by molar-refractivity contribution is 6.71. The quantitative estimate of drug-likeness (QED) is 0.501. The SMILES string of the molecule is CC(C)CCCCC(=O)O[Si](C)(C)C. The van der Waals surface area contributed by atoms with E-state index in [0.717, 1.165) is 18.8 Å². The molecule has 0 heterocycles. The van der Waals surface area contributed by atoms with Crippen LogP contribution in [0.3, 0.4) is 0 Å². The Labute approximate surface area is 89.2 Å². The number of unbranched alkanes of at least 4 members (excludes halogenated alkanes) is 1. The minimum absolute atomic E-state index is 0.00655. The zero-order valence-corrected chi connectivity index (χ0v) is 11.2. The Morgan fingerprint density at radius 3 is 2.21 bits per heavy atom. The molecule has 0 atom stereocenters. The summed E-state index contributed by atoms with van der Waals surface area (Å²) >= 11 is 0. The Balaban J connectivity index is 3.46. The Kier molecular flexibility index (Phi) is 6.08. The summed E-state index contributed by atoms with van der Waals surface area (Å²) in [5, 5.41) is 0. The fourth-order valence-corrected chi connectivity index (χ4v) is 2.00. The van der Waals surface area contributed by atoms with E-state index in [1.165, 1.54) is 6.42 Å². The lowest BCUT2D eigenvalue weighted by Crippen LogP contribution is -2.28. The molecule has 0 spiro atoms. The van der Waals surface area contributed by atoms with Gasteiger partial charge in [0.15, 0.2) is 0 Å². The minimum atomic E-state index is -1.65. The summed E-state index contributed by atoms with van der Waals surface area (Å²) in [6, 6.07) is 0. The molecular weight excluding hydrogens is 192 g/mol. The molecule has 0 aliphatic carbocycles. The normalized spacial score (nSPS) is 11.9. The molecule has 0 aromatic heterocycles. The lowest BCUT2D eigenvalue weighted by molar-refractivity contribution is -0.135. The second kappa shape index (κ2) is 6.22. The van der Waals surface area contributed by atoms with E-state index in [0.29, 0.717) is 6.42 Å². The molecule has 0 N–H and O–H groups in total. The highest BCUT2D eigenvalue weighted by atomic mass is 28.4. The molecule has 0 radical (unpaired) electrons. The zero-order valence-electron chi connectivity index (χ0n) is 10.2. The van der Waals surface area contributed by atoms with E-state index >= 15 is 0 Å². The fourth-order valence-electron chi connectivity index (χ4n) is 1.21. The van der Waals surface area contributed by atoms with Crippen molar-refractivity contribution in [3.05, 3.63) is 0 Å². The third-order valence-electron chi connectivity index (χ3n) is 1.83. The highest BCUT2D eigenvalue weighted by Gasteiger charge is 2.19. The van der Waals surface area contributed by atoms with Gasteiger partial charge in [0.25, 0.3) is 5.97 Å². The molecule has 0 aromatic rings. The maximum Gasteiger partial charge on any atom is 0.292 e. The highest BCUT2D eigenvalue weighted by Crippen LogP contribution is 2.10. The van der Waals surface area contributed by atoms with Crippen LogP contribution in [0.1, 0.15) is 39.5 Å². The topological polar surface area (TPSA) is 26.3 Å². The van der Waals surface area contributed by atoms with Crippen LogP contribution in [-0.2, 0) is 9.22 Å². The van der Waals surface area contributed by atoms with Gasteiger partial charge >= 0.3 is 0 Å². The van der Waals surface area contributed by atoms with Crippen LogP contribution >= 0.6 is 0 Å². The van der Waals surface area contributed by atoms with Gasteiger partial charge in [-0.3, -0.25) is 4.79 Å². The first-order chi connectivity index (χ1) is 6.31. The molecule has 0 amide bonds. The van der Waals surface area contributed by atoms with Crippen molar-refractivity contribution >= 4 is 14.3 Å². The van der Waals surface area contributed by atoms with Gasteiger partial charge in [0.2, 0.25) is 8.32 Å². The Bertz CT molecular complexity index is 171. The third kappa shape index (κ3) is 9.77. The first-order valence-electron chi connectivity index (χ1n) is 5.53. The van der Waals surface area contributed by atoms with Crippen LogP contribution in [-0.4, -0.2) is 14.3 Å². The van der Waals surface area contributed by atoms with Gasteiger partial charge in [-0.2, -0.15) is 0 Å². The molecule has 84 valence electrons. The minimum Gasteiger partial charge on any atom is -0.520 e. The van der Waals surface area contributed by atoms with Crippen LogP contribution < -0.4 is 0 Å². The molecular formula is C11H24O2Si. The Morgan fingerprint density at radius 2 is 1.79 bits per heavy atom. The van der Waals surface area contributed by atoms with Crippen molar-refractivity contribution < 1.29 is 9.22 Å². The number of rotatable bonds is 6. The van der Waals surface area contributed by atoms with Crippen LogP contribution in [0.2, 0.25) is 19.6 Å². The van der Waals surface area contributed by atoms with Gasteiger partial charge < -0.3 is 4.43 Å². The van der Waals surface area contributed by atoms with Gasteiger partial charge in [0, 0.05) is 6.42 Å². The second-order valence-electron chi connectivity index (χ2n) is 5.23. The molecule has 0 fully saturated rings. The molecule has 0 aliphatic rings. The largest absolute Gasteiger partial charge is 0.520 e. The summed E-state index contributed by atoms with van der Waals surface area (Å²) in [6.45, 7) is 10.5. The van der Waals surface area contributed by atoms with E-state index in [1.807, 2.05) is 19.6 Å². The Morgan fingerprint density at radius 1 is 1.21 bits per heavy atom. The summed E-state index contributed by atoms with van der Waals surface area (Å²) in [4.78, 5) is 11.3. The molecule has 2 nitrogen and oxygen atoms in total. The average molecular weight is 216 g/mol. The number of hydrogen-bond donors (Lipinski definition) is 0. The number of carbonyl (C=O) groups excluding carboxylic acids is 1. The van der Waals surface area contributed by atoms with E-state index in [9.17, 15) is 4.79 Å². The van der Waals surface area contributed by atoms with Crippen molar-refractivity contribution in [2.75, 3.05) is 0 Å². The van der Waals surface area contributed by atoms with E-state index < -0.39 is 8.32 Å². The molecule has 14 heavy (non-hydrogen) atoms. The number of carbonyl (C=O) groups is 1. The monoisotopic (exact) mass is 216 g/mol. The summed E-state index contributed by atoms with van der Waals surface area (Å²) in [5.74, 6) is 0.732. The number of hydrogen-bond acceptors (Lipinski definition) is 2. The van der Waals surface area contributed by atoms with E-state index in [-0.39, 0.29) is 5.97 Å². The fraction of sp³-hybridized carbons (Fsp3) is 0.909. The maximum atomic E-state index is 11.3. The van der Waals surface area contributed by atoms with Gasteiger partial charge in [-0.05, 0) is 32.0 Å². The maximum absolute atomic E-state index is 11.3. The molecule has 3 heteroatoms. The van der Waals surface area contributed by atoms with E-state index in [4.69, 9.17) is 4.43 Å². The molecule has 0 aromatic carbocycles. The average Bonchev–Trinajstić information content (AvgIpc) is 1.94. The first kappa shape index (κ1) is 13.7. The van der Waals surface area contributed by atoms with Crippen LogP contribution in [0.5, 0.6) is 0 Å². The third-order valence-corrected chi connectivity index (χ3v) is 2.67. The molecule has 0 rings (SSSR count). The first-order valence-corrected chi connectivity index (χ1v) is 8.94. The summed E-state index contributed by atoms with van der Waals surface area (Å²) in [5.41, 5.74) is 0. The molecule has 0 bridgehead atoms. The van der Waals surface area contributed by atoms with E-state index in [1.54, 1.807) is 0 Å². The molecule has 0 aliphatic heterocycles. The molecule has 0 saturated carbocycles. The summed E-state index contributed by atoms with van der Waals surface area (Å²) in [6.07, 6.45) is 3.91. The van der Waals surface area contributed by atoms with Crippen molar-refractivity contribution in [1.29, 1.82) is 0 Å². The lowest BCUT2D eigenvalue weighted by Gasteiger charge is -2.17.